The van der Waals surface area contributed by atoms with Crippen molar-refractivity contribution in [1.82, 2.24) is 10.3 Å². The molecule has 2 rings (SSSR count). The van der Waals surface area contributed by atoms with E-state index in [0.29, 0.717) is 6.04 Å². The molecule has 0 fully saturated rings. The summed E-state index contributed by atoms with van der Waals surface area (Å²) < 4.78 is 5.27. The molecule has 0 aliphatic carbocycles. The summed E-state index contributed by atoms with van der Waals surface area (Å²) in [7, 11) is 3.73. The van der Waals surface area contributed by atoms with Gasteiger partial charge in [-0.25, -0.2) is 0 Å². The van der Waals surface area contributed by atoms with Crippen LogP contribution in [0.4, 0.5) is 0 Å². The van der Waals surface area contributed by atoms with Crippen molar-refractivity contribution in [3.8, 4) is 5.75 Å². The molecule has 0 aliphatic rings. The first-order valence-corrected chi connectivity index (χ1v) is 7.01. The minimum Gasteiger partial charge on any atom is -0.497 e. The molecule has 0 saturated carbocycles. The number of benzene rings is 1. The summed E-state index contributed by atoms with van der Waals surface area (Å²) in [5.41, 5.74) is 2.64. The molecule has 1 unspecified atom stereocenters. The monoisotopic (exact) mass is 270 g/mol. The van der Waals surface area contributed by atoms with Crippen LogP contribution in [0.2, 0.25) is 0 Å². The van der Waals surface area contributed by atoms with E-state index >= 15 is 0 Å². The quantitative estimate of drug-likeness (QED) is 0.840. The van der Waals surface area contributed by atoms with Gasteiger partial charge < -0.3 is 10.1 Å². The van der Waals surface area contributed by atoms with Gasteiger partial charge in [0.2, 0.25) is 0 Å². The van der Waals surface area contributed by atoms with Crippen molar-refractivity contribution in [2.45, 2.75) is 25.3 Å². The molecular weight excluding hydrogens is 248 g/mol. The van der Waals surface area contributed by atoms with E-state index in [4.69, 9.17) is 4.74 Å². The molecule has 0 spiro atoms. The second-order valence-corrected chi connectivity index (χ2v) is 4.94. The molecule has 3 nitrogen and oxygen atoms in total. The van der Waals surface area contributed by atoms with E-state index < -0.39 is 0 Å². The van der Waals surface area contributed by atoms with Crippen molar-refractivity contribution in [2.24, 2.45) is 0 Å². The third kappa shape index (κ3) is 4.35. The van der Waals surface area contributed by atoms with Crippen molar-refractivity contribution in [3.63, 3.8) is 0 Å². The highest BCUT2D eigenvalue weighted by atomic mass is 16.5. The standard InChI is InChI=1S/C17H22N2O/c1-18-16(7-6-14-8-10-19-11-9-14)12-15-4-3-5-17(13-15)20-2/h3-5,8-11,13,16,18H,6-7,12H2,1-2H3. The lowest BCUT2D eigenvalue weighted by Crippen LogP contribution is -2.28. The third-order valence-electron chi connectivity index (χ3n) is 3.56. The van der Waals surface area contributed by atoms with Crippen molar-refractivity contribution in [2.75, 3.05) is 14.2 Å². The van der Waals surface area contributed by atoms with E-state index in [1.807, 2.05) is 31.6 Å². The zero-order chi connectivity index (χ0) is 14.2. The van der Waals surface area contributed by atoms with E-state index in [2.05, 4.69) is 34.6 Å². The number of likely N-dealkylation sites (N-methyl/N-ethyl adjacent to an activating group) is 1. The molecule has 0 saturated heterocycles. The van der Waals surface area contributed by atoms with E-state index in [0.717, 1.165) is 25.0 Å². The fourth-order valence-electron chi connectivity index (χ4n) is 2.32. The Morgan fingerprint density at radius 3 is 2.65 bits per heavy atom. The van der Waals surface area contributed by atoms with Gasteiger partial charge >= 0.3 is 0 Å². The van der Waals surface area contributed by atoms with Gasteiger partial charge in [-0.1, -0.05) is 12.1 Å². The van der Waals surface area contributed by atoms with Gasteiger partial charge in [-0.15, -0.1) is 0 Å². The summed E-state index contributed by atoms with van der Waals surface area (Å²) in [6, 6.07) is 12.9. The Labute approximate surface area is 121 Å². The number of rotatable bonds is 7. The Bertz CT molecular complexity index is 513. The molecule has 3 heteroatoms. The number of nitrogens with zero attached hydrogens (tertiary/aromatic N) is 1. The van der Waals surface area contributed by atoms with Crippen LogP contribution >= 0.6 is 0 Å². The maximum atomic E-state index is 5.27. The van der Waals surface area contributed by atoms with Gasteiger partial charge in [0.25, 0.3) is 0 Å². The van der Waals surface area contributed by atoms with Crippen LogP contribution in [0.25, 0.3) is 0 Å². The predicted molar refractivity (Wildman–Crippen MR) is 82.1 cm³/mol. The van der Waals surface area contributed by atoms with Gasteiger partial charge in [-0.2, -0.15) is 0 Å². The zero-order valence-corrected chi connectivity index (χ0v) is 12.2. The molecule has 106 valence electrons. The lowest BCUT2D eigenvalue weighted by atomic mass is 9.99. The number of hydrogen-bond acceptors (Lipinski definition) is 3. The number of aromatic nitrogens is 1. The van der Waals surface area contributed by atoms with Crippen LogP contribution in [0.5, 0.6) is 5.75 Å². The summed E-state index contributed by atoms with van der Waals surface area (Å²) in [6.07, 6.45) is 6.89. The van der Waals surface area contributed by atoms with Gasteiger partial charge in [-0.3, -0.25) is 4.98 Å². The van der Waals surface area contributed by atoms with Crippen molar-refractivity contribution < 1.29 is 4.74 Å². The number of nitrogens with one attached hydrogen (secondary N) is 1. The van der Waals surface area contributed by atoms with Crippen molar-refractivity contribution in [3.05, 3.63) is 59.9 Å². The van der Waals surface area contributed by atoms with Crippen LogP contribution in [0.3, 0.4) is 0 Å². The Balaban J connectivity index is 1.91. The molecule has 1 atom stereocenters. The maximum Gasteiger partial charge on any atom is 0.119 e. The first-order valence-electron chi connectivity index (χ1n) is 7.01. The first kappa shape index (κ1) is 14.5. The largest absolute Gasteiger partial charge is 0.497 e. The highest BCUT2D eigenvalue weighted by Gasteiger charge is 2.08. The second-order valence-electron chi connectivity index (χ2n) is 4.94. The van der Waals surface area contributed by atoms with Crippen LogP contribution < -0.4 is 10.1 Å². The van der Waals surface area contributed by atoms with E-state index in [-0.39, 0.29) is 0 Å². The van der Waals surface area contributed by atoms with E-state index in [1.165, 1.54) is 11.1 Å². The number of hydrogen-bond donors (Lipinski definition) is 1. The molecule has 0 bridgehead atoms. The second kappa shape index (κ2) is 7.65. The van der Waals surface area contributed by atoms with Gasteiger partial charge in [-0.05, 0) is 61.7 Å². The molecule has 1 N–H and O–H groups in total. The average Bonchev–Trinajstić information content (AvgIpc) is 2.52. The zero-order valence-electron chi connectivity index (χ0n) is 12.2. The van der Waals surface area contributed by atoms with Crippen LogP contribution in [0.15, 0.2) is 48.8 Å². The van der Waals surface area contributed by atoms with Crippen LogP contribution in [-0.4, -0.2) is 25.2 Å². The summed E-state index contributed by atoms with van der Waals surface area (Å²) >= 11 is 0. The fourth-order valence-corrected chi connectivity index (χ4v) is 2.32. The molecule has 1 aromatic heterocycles. The number of aryl methyl sites for hydroxylation is 1. The maximum absolute atomic E-state index is 5.27. The first-order chi connectivity index (χ1) is 9.81. The smallest absolute Gasteiger partial charge is 0.119 e. The highest BCUT2D eigenvalue weighted by Crippen LogP contribution is 2.15. The van der Waals surface area contributed by atoms with Gasteiger partial charge in [0, 0.05) is 18.4 Å². The van der Waals surface area contributed by atoms with Crippen LogP contribution in [0.1, 0.15) is 17.5 Å². The SMILES string of the molecule is CNC(CCc1ccncc1)Cc1cccc(OC)c1. The molecule has 0 amide bonds. The van der Waals surface area contributed by atoms with Crippen molar-refractivity contribution in [1.29, 1.82) is 0 Å². The summed E-state index contributed by atoms with van der Waals surface area (Å²) in [5.74, 6) is 0.923. The Morgan fingerprint density at radius 2 is 1.95 bits per heavy atom. The van der Waals surface area contributed by atoms with Gasteiger partial charge in [0.05, 0.1) is 7.11 Å². The summed E-state index contributed by atoms with van der Waals surface area (Å²) in [6.45, 7) is 0. The topological polar surface area (TPSA) is 34.2 Å². The third-order valence-corrected chi connectivity index (χ3v) is 3.56. The Kier molecular flexibility index (Phi) is 5.56. The molecule has 0 radical (unpaired) electrons. The van der Waals surface area contributed by atoms with E-state index in [1.54, 1.807) is 7.11 Å². The normalized spacial score (nSPS) is 12.1. The average molecular weight is 270 g/mol. The highest BCUT2D eigenvalue weighted by molar-refractivity contribution is 5.29. The molecular formula is C17H22N2O. The minimum absolute atomic E-state index is 0.468. The van der Waals surface area contributed by atoms with Crippen LogP contribution in [0, 0.1) is 0 Å². The van der Waals surface area contributed by atoms with Crippen LogP contribution in [-0.2, 0) is 12.8 Å². The van der Waals surface area contributed by atoms with Gasteiger partial charge in [0.15, 0.2) is 0 Å². The molecule has 2 aromatic rings. The Morgan fingerprint density at radius 1 is 1.15 bits per heavy atom. The lowest BCUT2D eigenvalue weighted by molar-refractivity contribution is 0.413. The minimum atomic E-state index is 0.468. The predicted octanol–water partition coefficient (Wildman–Crippen LogP) is 2.85. The molecule has 20 heavy (non-hydrogen) atoms. The summed E-state index contributed by atoms with van der Waals surface area (Å²) in [4.78, 5) is 4.05. The van der Waals surface area contributed by atoms with E-state index in [9.17, 15) is 0 Å². The lowest BCUT2D eigenvalue weighted by Gasteiger charge is -2.16. The summed E-state index contributed by atoms with van der Waals surface area (Å²) in [5, 5.41) is 3.40. The van der Waals surface area contributed by atoms with Crippen molar-refractivity contribution >= 4 is 0 Å². The molecule has 1 heterocycles. The Hall–Kier alpha value is -1.87. The number of ether oxygens (including phenoxy) is 1. The molecule has 1 aromatic carbocycles. The number of pyridine rings is 1. The van der Waals surface area contributed by atoms with Gasteiger partial charge in [0.1, 0.15) is 5.75 Å². The number of methoxy groups -OCH3 is 1. The fraction of sp³-hybridized carbons (Fsp3) is 0.353. The molecule has 0 aliphatic heterocycles.